The van der Waals surface area contributed by atoms with Crippen LogP contribution < -0.4 is 10.6 Å². The third-order valence-corrected chi connectivity index (χ3v) is 2.52. The summed E-state index contributed by atoms with van der Waals surface area (Å²) in [6.07, 6.45) is 4.17. The fourth-order valence-electron chi connectivity index (χ4n) is 1.50. The van der Waals surface area contributed by atoms with Crippen LogP contribution in [0.25, 0.3) is 0 Å². The molecule has 0 heterocycles. The number of carboxylic acids is 1. The molecule has 0 aromatic carbocycles. The van der Waals surface area contributed by atoms with Gasteiger partial charge in [0.15, 0.2) is 0 Å². The first kappa shape index (κ1) is 16.4. The second kappa shape index (κ2) is 11.8. The summed E-state index contributed by atoms with van der Waals surface area (Å²) >= 11 is 0. The molecule has 1 unspecified atom stereocenters. The molecule has 0 fully saturated rings. The molecule has 0 bridgehead atoms. The zero-order valence-electron chi connectivity index (χ0n) is 10.7. The molecular weight excluding hydrogens is 220 g/mol. The Labute approximate surface area is 104 Å². The summed E-state index contributed by atoms with van der Waals surface area (Å²) in [6.45, 7) is 4.74. The van der Waals surface area contributed by atoms with Crippen LogP contribution in [0.1, 0.15) is 39.0 Å². The fourth-order valence-corrected chi connectivity index (χ4v) is 1.50. The molecule has 0 spiro atoms. The normalized spacial score (nSPS) is 12.6. The maximum absolute atomic E-state index is 10.2. The second-order valence-electron chi connectivity index (χ2n) is 4.25. The number of nitrogens with one attached hydrogen (secondary N) is 2. The van der Waals surface area contributed by atoms with Crippen molar-refractivity contribution in [3.63, 3.8) is 0 Å². The van der Waals surface area contributed by atoms with E-state index in [1.807, 2.05) is 0 Å². The molecule has 0 radical (unpaired) electrons. The number of aliphatic hydroxyl groups is 1. The van der Waals surface area contributed by atoms with Crippen molar-refractivity contribution in [2.24, 2.45) is 0 Å². The highest BCUT2D eigenvalue weighted by Gasteiger charge is 2.02. The van der Waals surface area contributed by atoms with Crippen molar-refractivity contribution in [1.29, 1.82) is 0 Å². The Kier molecular flexibility index (Phi) is 11.4. The summed E-state index contributed by atoms with van der Waals surface area (Å²) in [4.78, 5) is 10.2. The molecule has 0 aliphatic carbocycles. The lowest BCUT2D eigenvalue weighted by Gasteiger charge is -2.11. The molecule has 102 valence electrons. The molecule has 0 aromatic rings. The van der Waals surface area contributed by atoms with E-state index < -0.39 is 5.97 Å². The molecule has 1 atom stereocenters. The van der Waals surface area contributed by atoms with E-state index in [0.29, 0.717) is 13.1 Å². The lowest BCUT2D eigenvalue weighted by Crippen LogP contribution is -2.33. The molecule has 0 saturated carbocycles. The Morgan fingerprint density at radius 2 is 1.88 bits per heavy atom. The van der Waals surface area contributed by atoms with Crippen LogP contribution in [0.15, 0.2) is 0 Å². The van der Waals surface area contributed by atoms with Gasteiger partial charge in [-0.1, -0.05) is 26.2 Å². The summed E-state index contributed by atoms with van der Waals surface area (Å²) in [5.74, 6) is -0.781. The van der Waals surface area contributed by atoms with Gasteiger partial charge in [-0.15, -0.1) is 0 Å². The van der Waals surface area contributed by atoms with Crippen LogP contribution in [0, 0.1) is 0 Å². The van der Waals surface area contributed by atoms with Gasteiger partial charge >= 0.3 is 5.97 Å². The summed E-state index contributed by atoms with van der Waals surface area (Å²) in [6, 6.07) is 0. The Morgan fingerprint density at radius 1 is 1.18 bits per heavy atom. The topological polar surface area (TPSA) is 81.6 Å². The Hall–Kier alpha value is -0.650. The van der Waals surface area contributed by atoms with Crippen molar-refractivity contribution in [3.05, 3.63) is 0 Å². The van der Waals surface area contributed by atoms with Crippen molar-refractivity contribution in [1.82, 2.24) is 10.6 Å². The minimum Gasteiger partial charge on any atom is -0.481 e. The van der Waals surface area contributed by atoms with E-state index in [1.165, 1.54) is 12.8 Å². The third kappa shape index (κ3) is 13.3. The lowest BCUT2D eigenvalue weighted by molar-refractivity contribution is -0.136. The number of hydrogen-bond donors (Lipinski definition) is 4. The van der Waals surface area contributed by atoms with E-state index >= 15 is 0 Å². The van der Waals surface area contributed by atoms with Crippen molar-refractivity contribution in [2.45, 2.75) is 45.1 Å². The van der Waals surface area contributed by atoms with E-state index in [-0.39, 0.29) is 12.5 Å². The number of carboxylic acid groups (broad SMARTS) is 1. The molecule has 0 aliphatic heterocycles. The standard InChI is InChI=1S/C12H26N2O3/c1-2-3-4-5-11(15)10-14-9-8-13-7-6-12(16)17/h11,13-15H,2-10H2,1H3,(H,16,17). The molecule has 0 aliphatic rings. The maximum Gasteiger partial charge on any atom is 0.304 e. The van der Waals surface area contributed by atoms with Crippen LogP contribution in [-0.4, -0.2) is 48.5 Å². The summed E-state index contributed by atoms with van der Waals surface area (Å²) in [5.41, 5.74) is 0. The van der Waals surface area contributed by atoms with Crippen LogP contribution in [0.5, 0.6) is 0 Å². The first-order valence-electron chi connectivity index (χ1n) is 6.48. The van der Waals surface area contributed by atoms with Gasteiger partial charge in [-0.25, -0.2) is 0 Å². The van der Waals surface area contributed by atoms with E-state index in [1.54, 1.807) is 0 Å². The van der Waals surface area contributed by atoms with Gasteiger partial charge in [0.2, 0.25) is 0 Å². The van der Waals surface area contributed by atoms with Crippen LogP contribution in [-0.2, 0) is 4.79 Å². The van der Waals surface area contributed by atoms with Crippen LogP contribution >= 0.6 is 0 Å². The van der Waals surface area contributed by atoms with Gasteiger partial charge in [0.25, 0.3) is 0 Å². The summed E-state index contributed by atoms with van der Waals surface area (Å²) in [5, 5.41) is 24.2. The Morgan fingerprint density at radius 3 is 2.53 bits per heavy atom. The highest BCUT2D eigenvalue weighted by Crippen LogP contribution is 2.01. The number of rotatable bonds is 12. The second-order valence-corrected chi connectivity index (χ2v) is 4.25. The van der Waals surface area contributed by atoms with Gasteiger partial charge in [-0.05, 0) is 6.42 Å². The molecule has 0 aromatic heterocycles. The SMILES string of the molecule is CCCCCC(O)CNCCNCCC(=O)O. The van der Waals surface area contributed by atoms with Gasteiger partial charge in [0.05, 0.1) is 12.5 Å². The minimum absolute atomic E-state index is 0.152. The van der Waals surface area contributed by atoms with Gasteiger partial charge < -0.3 is 20.8 Å². The van der Waals surface area contributed by atoms with E-state index in [9.17, 15) is 9.90 Å². The summed E-state index contributed by atoms with van der Waals surface area (Å²) in [7, 11) is 0. The van der Waals surface area contributed by atoms with Gasteiger partial charge in [-0.2, -0.15) is 0 Å². The number of carbonyl (C=O) groups is 1. The Balaban J connectivity index is 3.13. The molecule has 0 amide bonds. The average molecular weight is 246 g/mol. The highest BCUT2D eigenvalue weighted by molar-refractivity contribution is 5.66. The van der Waals surface area contributed by atoms with E-state index in [2.05, 4.69) is 17.6 Å². The fraction of sp³-hybridized carbons (Fsp3) is 0.917. The van der Waals surface area contributed by atoms with Crippen LogP contribution in [0.2, 0.25) is 0 Å². The van der Waals surface area contributed by atoms with Crippen molar-refractivity contribution in [3.8, 4) is 0 Å². The van der Waals surface area contributed by atoms with Crippen LogP contribution in [0.4, 0.5) is 0 Å². The lowest BCUT2D eigenvalue weighted by atomic mass is 10.1. The molecule has 5 heteroatoms. The predicted molar refractivity (Wildman–Crippen MR) is 68.1 cm³/mol. The number of aliphatic hydroxyl groups excluding tert-OH is 1. The molecule has 4 N–H and O–H groups in total. The third-order valence-electron chi connectivity index (χ3n) is 2.52. The Bertz CT molecular complexity index is 189. The quantitative estimate of drug-likeness (QED) is 0.379. The van der Waals surface area contributed by atoms with Crippen molar-refractivity contribution in [2.75, 3.05) is 26.2 Å². The highest BCUT2D eigenvalue weighted by atomic mass is 16.4. The van der Waals surface area contributed by atoms with Gasteiger partial charge in [-0.3, -0.25) is 4.79 Å². The van der Waals surface area contributed by atoms with E-state index in [0.717, 1.165) is 25.9 Å². The monoisotopic (exact) mass is 246 g/mol. The number of hydrogen-bond acceptors (Lipinski definition) is 4. The number of unbranched alkanes of at least 4 members (excludes halogenated alkanes) is 2. The van der Waals surface area contributed by atoms with E-state index in [4.69, 9.17) is 5.11 Å². The van der Waals surface area contributed by atoms with Crippen LogP contribution in [0.3, 0.4) is 0 Å². The first-order chi connectivity index (χ1) is 8.16. The minimum atomic E-state index is -0.781. The largest absolute Gasteiger partial charge is 0.481 e. The van der Waals surface area contributed by atoms with Crippen molar-refractivity contribution >= 4 is 5.97 Å². The molecular formula is C12H26N2O3. The van der Waals surface area contributed by atoms with Gasteiger partial charge in [0, 0.05) is 26.2 Å². The summed E-state index contributed by atoms with van der Waals surface area (Å²) < 4.78 is 0. The number of aliphatic carboxylic acids is 1. The zero-order valence-corrected chi connectivity index (χ0v) is 10.7. The maximum atomic E-state index is 10.2. The first-order valence-corrected chi connectivity index (χ1v) is 6.48. The molecule has 5 nitrogen and oxygen atoms in total. The van der Waals surface area contributed by atoms with Gasteiger partial charge in [0.1, 0.15) is 0 Å². The zero-order chi connectivity index (χ0) is 12.9. The molecule has 0 rings (SSSR count). The predicted octanol–water partition coefficient (Wildman–Crippen LogP) is 0.582. The molecule has 17 heavy (non-hydrogen) atoms. The van der Waals surface area contributed by atoms with Crippen molar-refractivity contribution < 1.29 is 15.0 Å². The smallest absolute Gasteiger partial charge is 0.304 e. The average Bonchev–Trinajstić information content (AvgIpc) is 2.28. The molecule has 0 saturated heterocycles.